The molecule has 0 spiro atoms. The van der Waals surface area contributed by atoms with Crippen LogP contribution in [0.1, 0.15) is 16.2 Å². The van der Waals surface area contributed by atoms with Crippen LogP contribution >= 0.6 is 11.8 Å². The molecule has 0 atom stereocenters. The first kappa shape index (κ1) is 17.1. The lowest BCUT2D eigenvalue weighted by molar-refractivity contribution is 0.0949. The van der Waals surface area contributed by atoms with Crippen molar-refractivity contribution < 1.29 is 13.6 Å². The summed E-state index contributed by atoms with van der Waals surface area (Å²) in [6, 6.07) is 15.6. The summed E-state index contributed by atoms with van der Waals surface area (Å²) in [4.78, 5) is 12.6. The molecule has 25 heavy (non-hydrogen) atoms. The first-order valence-corrected chi connectivity index (χ1v) is 8.29. The van der Waals surface area contributed by atoms with E-state index in [9.17, 15) is 13.6 Å². The molecule has 0 aliphatic carbocycles. The van der Waals surface area contributed by atoms with Gasteiger partial charge in [0, 0.05) is 16.1 Å². The van der Waals surface area contributed by atoms with E-state index in [4.69, 9.17) is 0 Å². The van der Waals surface area contributed by atoms with Crippen molar-refractivity contribution in [3.63, 3.8) is 0 Å². The molecule has 0 saturated heterocycles. The van der Waals surface area contributed by atoms with E-state index in [1.54, 1.807) is 10.9 Å². The molecule has 2 aromatic carbocycles. The van der Waals surface area contributed by atoms with Crippen LogP contribution in [0.5, 0.6) is 0 Å². The van der Waals surface area contributed by atoms with Gasteiger partial charge < -0.3 is 5.32 Å². The molecule has 3 rings (SSSR count). The summed E-state index contributed by atoms with van der Waals surface area (Å²) in [5.41, 5.74) is 1.29. The molecule has 1 aromatic heterocycles. The maximum absolute atomic E-state index is 12.3. The summed E-state index contributed by atoms with van der Waals surface area (Å²) >= 11 is 0.443. The van der Waals surface area contributed by atoms with Gasteiger partial charge in [0.1, 0.15) is 6.33 Å². The molecule has 1 N–H and O–H groups in total. The summed E-state index contributed by atoms with van der Waals surface area (Å²) in [6.45, 7) is 0.196. The fourth-order valence-electron chi connectivity index (χ4n) is 2.23. The monoisotopic (exact) mass is 360 g/mol. The number of alkyl halides is 2. The summed E-state index contributed by atoms with van der Waals surface area (Å²) in [6.07, 6.45) is 1.58. The fraction of sp³-hybridized carbons (Fsp3) is 0.118. The number of para-hydroxylation sites is 1. The van der Waals surface area contributed by atoms with Gasteiger partial charge in [0.25, 0.3) is 11.7 Å². The molecule has 0 bridgehead atoms. The molecular formula is C17H14F2N4OS. The average molecular weight is 360 g/mol. The summed E-state index contributed by atoms with van der Waals surface area (Å²) < 4.78 is 26.4. The first-order chi connectivity index (χ1) is 12.1. The Balaban J connectivity index is 1.64. The van der Waals surface area contributed by atoms with E-state index >= 15 is 0 Å². The number of carbonyl (C=O) groups is 1. The molecule has 5 nitrogen and oxygen atoms in total. The quantitative estimate of drug-likeness (QED) is 0.684. The van der Waals surface area contributed by atoms with Crippen LogP contribution in [0.4, 0.5) is 8.78 Å². The number of nitrogens with one attached hydrogen (secondary N) is 1. The molecule has 1 heterocycles. The SMILES string of the molecule is O=C(NCc1nncn1-c1ccccc1)c1ccc(SC(F)F)cc1. The van der Waals surface area contributed by atoms with Gasteiger partial charge in [-0.05, 0) is 36.4 Å². The Morgan fingerprint density at radius 3 is 2.52 bits per heavy atom. The Morgan fingerprint density at radius 2 is 1.84 bits per heavy atom. The molecule has 0 aliphatic rings. The van der Waals surface area contributed by atoms with Crippen LogP contribution < -0.4 is 5.32 Å². The topological polar surface area (TPSA) is 59.8 Å². The lowest BCUT2D eigenvalue weighted by Crippen LogP contribution is -2.24. The van der Waals surface area contributed by atoms with E-state index in [1.165, 1.54) is 24.3 Å². The highest BCUT2D eigenvalue weighted by atomic mass is 32.2. The van der Waals surface area contributed by atoms with Crippen LogP contribution in [0.3, 0.4) is 0 Å². The van der Waals surface area contributed by atoms with Gasteiger partial charge in [-0.3, -0.25) is 9.36 Å². The van der Waals surface area contributed by atoms with Crippen molar-refractivity contribution in [1.82, 2.24) is 20.1 Å². The van der Waals surface area contributed by atoms with Crippen LogP contribution in [0.25, 0.3) is 5.69 Å². The van der Waals surface area contributed by atoms with Gasteiger partial charge in [0.15, 0.2) is 5.82 Å². The number of aromatic nitrogens is 3. The van der Waals surface area contributed by atoms with Crippen molar-refractivity contribution in [1.29, 1.82) is 0 Å². The summed E-state index contributed by atoms with van der Waals surface area (Å²) in [5, 5.41) is 10.6. The molecular weight excluding hydrogens is 346 g/mol. The highest BCUT2D eigenvalue weighted by Crippen LogP contribution is 2.25. The number of thioether (sulfide) groups is 1. The Hall–Kier alpha value is -2.74. The van der Waals surface area contributed by atoms with Crippen LogP contribution in [0.2, 0.25) is 0 Å². The van der Waals surface area contributed by atoms with Gasteiger partial charge in [0.05, 0.1) is 6.54 Å². The van der Waals surface area contributed by atoms with Crippen LogP contribution in [0.15, 0.2) is 65.8 Å². The third-order valence-corrected chi connectivity index (χ3v) is 4.12. The lowest BCUT2D eigenvalue weighted by Gasteiger charge is -2.08. The van der Waals surface area contributed by atoms with Crippen LogP contribution in [0, 0.1) is 0 Å². The zero-order valence-corrected chi connectivity index (χ0v) is 13.8. The van der Waals surface area contributed by atoms with Gasteiger partial charge in [0.2, 0.25) is 0 Å². The largest absolute Gasteiger partial charge is 0.345 e. The van der Waals surface area contributed by atoms with Crippen molar-refractivity contribution in [2.45, 2.75) is 17.2 Å². The van der Waals surface area contributed by atoms with E-state index in [1.807, 2.05) is 30.3 Å². The molecule has 8 heteroatoms. The van der Waals surface area contributed by atoms with E-state index in [-0.39, 0.29) is 12.5 Å². The number of benzene rings is 2. The first-order valence-electron chi connectivity index (χ1n) is 7.41. The second-order valence-electron chi connectivity index (χ2n) is 5.04. The van der Waals surface area contributed by atoms with Crippen molar-refractivity contribution >= 4 is 17.7 Å². The van der Waals surface area contributed by atoms with Gasteiger partial charge in [-0.1, -0.05) is 30.0 Å². The lowest BCUT2D eigenvalue weighted by atomic mass is 10.2. The Bertz CT molecular complexity index is 837. The van der Waals surface area contributed by atoms with E-state index < -0.39 is 5.76 Å². The van der Waals surface area contributed by atoms with E-state index in [2.05, 4.69) is 15.5 Å². The third-order valence-electron chi connectivity index (χ3n) is 3.40. The zero-order chi connectivity index (χ0) is 17.6. The van der Waals surface area contributed by atoms with Crippen molar-refractivity contribution in [3.8, 4) is 5.69 Å². The molecule has 0 radical (unpaired) electrons. The number of halogens is 2. The molecule has 0 fully saturated rings. The number of carbonyl (C=O) groups excluding carboxylic acids is 1. The minimum absolute atomic E-state index is 0.196. The summed E-state index contributed by atoms with van der Waals surface area (Å²) in [5.74, 6) is -2.20. The molecule has 128 valence electrons. The number of rotatable bonds is 6. The minimum atomic E-state index is -2.48. The standard InChI is InChI=1S/C17H14F2N4OS/c18-17(19)25-14-8-6-12(7-9-14)16(24)20-10-15-22-21-11-23(15)13-4-2-1-3-5-13/h1-9,11,17H,10H2,(H,20,24). The normalized spacial score (nSPS) is 10.8. The van der Waals surface area contributed by atoms with Gasteiger partial charge in [-0.2, -0.15) is 8.78 Å². The Labute approximate surface area is 147 Å². The van der Waals surface area contributed by atoms with Crippen molar-refractivity contribution in [3.05, 3.63) is 72.3 Å². The second-order valence-corrected chi connectivity index (χ2v) is 6.10. The molecule has 0 aliphatic heterocycles. The maximum atomic E-state index is 12.3. The van der Waals surface area contributed by atoms with E-state index in [0.717, 1.165) is 5.69 Å². The van der Waals surface area contributed by atoms with Crippen molar-refractivity contribution in [2.24, 2.45) is 0 Å². The van der Waals surface area contributed by atoms with Crippen LogP contribution in [-0.2, 0) is 6.54 Å². The molecule has 1 amide bonds. The molecule has 0 saturated carbocycles. The minimum Gasteiger partial charge on any atom is -0.345 e. The highest BCUT2D eigenvalue weighted by molar-refractivity contribution is 7.99. The number of nitrogens with zero attached hydrogens (tertiary/aromatic N) is 3. The molecule has 3 aromatic rings. The van der Waals surface area contributed by atoms with Gasteiger partial charge >= 0.3 is 0 Å². The highest BCUT2D eigenvalue weighted by Gasteiger charge is 2.11. The van der Waals surface area contributed by atoms with E-state index in [0.29, 0.717) is 28.0 Å². The average Bonchev–Trinajstić information content (AvgIpc) is 3.09. The third kappa shape index (κ3) is 4.42. The predicted molar refractivity (Wildman–Crippen MR) is 90.8 cm³/mol. The van der Waals surface area contributed by atoms with Crippen LogP contribution in [-0.4, -0.2) is 26.4 Å². The fourth-order valence-corrected chi connectivity index (χ4v) is 2.73. The number of hydrogen-bond acceptors (Lipinski definition) is 4. The number of amides is 1. The smallest absolute Gasteiger partial charge is 0.288 e. The second kappa shape index (κ2) is 7.89. The summed E-state index contributed by atoms with van der Waals surface area (Å²) in [7, 11) is 0. The Morgan fingerprint density at radius 1 is 1.12 bits per heavy atom. The maximum Gasteiger partial charge on any atom is 0.288 e. The molecule has 0 unspecified atom stereocenters. The number of hydrogen-bond donors (Lipinski definition) is 1. The Kier molecular flexibility index (Phi) is 5.39. The van der Waals surface area contributed by atoms with Gasteiger partial charge in [-0.15, -0.1) is 10.2 Å². The zero-order valence-electron chi connectivity index (χ0n) is 13.0. The predicted octanol–water partition coefficient (Wildman–Crippen LogP) is 3.51. The van der Waals surface area contributed by atoms with Gasteiger partial charge in [-0.25, -0.2) is 0 Å². The van der Waals surface area contributed by atoms with Crippen molar-refractivity contribution in [2.75, 3.05) is 0 Å².